The lowest BCUT2D eigenvalue weighted by molar-refractivity contribution is -0.130. The van der Waals surface area contributed by atoms with Crippen LogP contribution in [0.15, 0.2) is 39.9 Å². The van der Waals surface area contributed by atoms with Crippen LogP contribution in [-0.4, -0.2) is 37.5 Å². The monoisotopic (exact) mass is 355 g/mol. The lowest BCUT2D eigenvalue weighted by Crippen LogP contribution is -2.42. The van der Waals surface area contributed by atoms with Gasteiger partial charge in [-0.1, -0.05) is 22.8 Å². The lowest BCUT2D eigenvalue weighted by atomic mass is 10.1. The Hall–Kier alpha value is -1.90. The van der Waals surface area contributed by atoms with Crippen LogP contribution in [0.4, 0.5) is 0 Å². The summed E-state index contributed by atoms with van der Waals surface area (Å²) < 4.78 is 31.7. The van der Waals surface area contributed by atoms with Gasteiger partial charge in [-0.05, 0) is 18.2 Å². The van der Waals surface area contributed by atoms with Crippen LogP contribution in [0, 0.1) is 0 Å². The van der Waals surface area contributed by atoms with Gasteiger partial charge in [-0.3, -0.25) is 4.79 Å². The Morgan fingerprint density at radius 1 is 1.43 bits per heavy atom. The van der Waals surface area contributed by atoms with Crippen molar-refractivity contribution in [1.29, 1.82) is 0 Å². The number of amides is 1. The largest absolute Gasteiger partial charge is 0.361 e. The molecule has 3 rings (SSSR count). The number of carbonyl (C=O) groups is 1. The van der Waals surface area contributed by atoms with Gasteiger partial charge in [-0.2, -0.15) is 0 Å². The van der Waals surface area contributed by atoms with Gasteiger partial charge >= 0.3 is 0 Å². The first-order valence-corrected chi connectivity index (χ1v) is 8.77. The molecule has 0 bridgehead atoms. The molecular weight excluding hydrogens is 342 g/mol. The molecule has 9 heteroatoms. The molecule has 0 fully saturated rings. The summed E-state index contributed by atoms with van der Waals surface area (Å²) in [5.41, 5.74) is 0.849. The summed E-state index contributed by atoms with van der Waals surface area (Å²) in [6, 6.07) is 5.87. The fraction of sp³-hybridized carbons (Fsp3) is 0.286. The highest BCUT2D eigenvalue weighted by Crippen LogP contribution is 2.18. The average molecular weight is 356 g/mol. The molecule has 2 aromatic rings. The average Bonchev–Trinajstić information content (AvgIpc) is 3.00. The fourth-order valence-corrected chi connectivity index (χ4v) is 3.61. The number of nitrogens with zero attached hydrogens (tertiary/aromatic N) is 2. The van der Waals surface area contributed by atoms with Crippen LogP contribution in [0.2, 0.25) is 5.02 Å². The maximum absolute atomic E-state index is 12.2. The van der Waals surface area contributed by atoms with E-state index in [4.69, 9.17) is 16.1 Å². The van der Waals surface area contributed by atoms with Crippen molar-refractivity contribution >= 4 is 27.5 Å². The van der Waals surface area contributed by atoms with E-state index in [1.807, 2.05) is 0 Å². The van der Waals surface area contributed by atoms with E-state index in [0.717, 1.165) is 11.3 Å². The third-order valence-electron chi connectivity index (χ3n) is 3.57. The van der Waals surface area contributed by atoms with Crippen LogP contribution in [0.1, 0.15) is 11.3 Å². The molecule has 0 radical (unpaired) electrons. The second kappa shape index (κ2) is 6.31. The van der Waals surface area contributed by atoms with E-state index in [9.17, 15) is 13.2 Å². The summed E-state index contributed by atoms with van der Waals surface area (Å²) in [6.07, 6.45) is 2.15. The van der Waals surface area contributed by atoms with E-state index >= 15 is 0 Å². The topological polar surface area (TPSA) is 92.5 Å². The smallest absolute Gasteiger partial charge is 0.241 e. The minimum Gasteiger partial charge on any atom is -0.361 e. The van der Waals surface area contributed by atoms with Gasteiger partial charge in [0.1, 0.15) is 5.76 Å². The molecule has 23 heavy (non-hydrogen) atoms. The molecule has 0 atom stereocenters. The third-order valence-corrected chi connectivity index (χ3v) is 5.21. The summed E-state index contributed by atoms with van der Waals surface area (Å²) in [5, 5.41) is 4.01. The van der Waals surface area contributed by atoms with Crippen molar-refractivity contribution < 1.29 is 17.7 Å². The maximum Gasteiger partial charge on any atom is 0.241 e. The first kappa shape index (κ1) is 16.0. The molecule has 1 amide bonds. The number of benzene rings is 1. The molecule has 0 spiro atoms. The molecule has 7 nitrogen and oxygen atoms in total. The van der Waals surface area contributed by atoms with Gasteiger partial charge in [-0.15, -0.1) is 0 Å². The van der Waals surface area contributed by atoms with Gasteiger partial charge in [0.05, 0.1) is 24.2 Å². The van der Waals surface area contributed by atoms with Crippen LogP contribution < -0.4 is 4.72 Å². The van der Waals surface area contributed by atoms with E-state index in [1.54, 1.807) is 17.2 Å². The first-order chi connectivity index (χ1) is 11.0. The van der Waals surface area contributed by atoms with E-state index in [1.165, 1.54) is 18.2 Å². The fourth-order valence-electron chi connectivity index (χ4n) is 2.34. The van der Waals surface area contributed by atoms with Crippen molar-refractivity contribution in [3.63, 3.8) is 0 Å². The number of hydrogen-bond acceptors (Lipinski definition) is 5. The Labute approximate surface area is 138 Å². The predicted molar refractivity (Wildman–Crippen MR) is 82.3 cm³/mol. The lowest BCUT2D eigenvalue weighted by Gasteiger charge is -2.25. The molecule has 0 unspecified atom stereocenters. The minimum absolute atomic E-state index is 0.0257. The summed E-state index contributed by atoms with van der Waals surface area (Å²) in [7, 11) is -3.78. The maximum atomic E-state index is 12.2. The molecule has 1 aromatic carbocycles. The highest BCUT2D eigenvalue weighted by molar-refractivity contribution is 7.89. The van der Waals surface area contributed by atoms with Crippen LogP contribution in [0.25, 0.3) is 0 Å². The van der Waals surface area contributed by atoms with Crippen molar-refractivity contribution in [2.24, 2.45) is 0 Å². The van der Waals surface area contributed by atoms with Crippen molar-refractivity contribution in [3.05, 3.63) is 46.8 Å². The second-order valence-electron chi connectivity index (χ2n) is 5.12. The number of aromatic nitrogens is 1. The van der Waals surface area contributed by atoms with Gasteiger partial charge in [0, 0.05) is 23.6 Å². The van der Waals surface area contributed by atoms with Gasteiger partial charge < -0.3 is 9.42 Å². The summed E-state index contributed by atoms with van der Waals surface area (Å²) >= 11 is 5.79. The molecule has 122 valence electrons. The molecule has 1 aliphatic rings. The van der Waals surface area contributed by atoms with Crippen molar-refractivity contribution in [2.45, 2.75) is 17.9 Å². The second-order valence-corrected chi connectivity index (χ2v) is 7.32. The molecular formula is C14H14ClN3O4S. The number of fused-ring (bicyclic) bond motifs is 1. The van der Waals surface area contributed by atoms with Crippen molar-refractivity contribution in [3.8, 4) is 0 Å². The van der Waals surface area contributed by atoms with Crippen molar-refractivity contribution in [1.82, 2.24) is 14.8 Å². The van der Waals surface area contributed by atoms with E-state index < -0.39 is 10.0 Å². The van der Waals surface area contributed by atoms with Crippen molar-refractivity contribution in [2.75, 3.05) is 13.1 Å². The quantitative estimate of drug-likeness (QED) is 0.889. The number of sulfonamides is 1. The van der Waals surface area contributed by atoms with Gasteiger partial charge in [-0.25, -0.2) is 13.1 Å². The Kier molecular flexibility index (Phi) is 4.38. The minimum atomic E-state index is -3.78. The van der Waals surface area contributed by atoms with E-state index in [2.05, 4.69) is 9.88 Å². The van der Waals surface area contributed by atoms with Gasteiger partial charge in [0.25, 0.3) is 0 Å². The number of hydrogen-bond donors (Lipinski definition) is 1. The van der Waals surface area contributed by atoms with Gasteiger partial charge in [0.2, 0.25) is 15.9 Å². The summed E-state index contributed by atoms with van der Waals surface area (Å²) in [6.45, 7) is 0.534. The molecule has 0 saturated heterocycles. The molecule has 1 aliphatic heterocycles. The summed E-state index contributed by atoms with van der Waals surface area (Å²) in [5.74, 6) is 0.469. The Morgan fingerprint density at radius 3 is 3.04 bits per heavy atom. The predicted octanol–water partition coefficient (Wildman–Crippen LogP) is 1.19. The molecule has 0 aliphatic carbocycles. The summed E-state index contributed by atoms with van der Waals surface area (Å²) in [4.78, 5) is 13.8. The number of nitrogens with one attached hydrogen (secondary N) is 1. The highest BCUT2D eigenvalue weighted by Gasteiger charge is 2.24. The first-order valence-electron chi connectivity index (χ1n) is 6.91. The number of carbonyl (C=O) groups excluding carboxylic acids is 1. The zero-order valence-electron chi connectivity index (χ0n) is 12.0. The van der Waals surface area contributed by atoms with Crippen LogP contribution in [0.5, 0.6) is 0 Å². The normalized spacial score (nSPS) is 14.6. The zero-order valence-corrected chi connectivity index (χ0v) is 13.6. The number of rotatable bonds is 4. The van der Waals surface area contributed by atoms with E-state index in [0.29, 0.717) is 24.5 Å². The molecule has 2 heterocycles. The zero-order chi connectivity index (χ0) is 16.4. The molecule has 0 saturated carbocycles. The molecule has 1 N–H and O–H groups in total. The Morgan fingerprint density at radius 2 is 2.26 bits per heavy atom. The van der Waals surface area contributed by atoms with Crippen LogP contribution in [0.3, 0.4) is 0 Å². The highest BCUT2D eigenvalue weighted by atomic mass is 35.5. The number of halogens is 1. The van der Waals surface area contributed by atoms with Crippen LogP contribution >= 0.6 is 11.6 Å². The Balaban J connectivity index is 1.63. The Bertz CT molecular complexity index is 834. The standard InChI is InChI=1S/C14H14ClN3O4S/c15-11-2-1-3-12(6-11)23(20,21)17-8-14(19)18-5-4-13-10(9-18)7-16-22-13/h1-3,6-7,17H,4-5,8-9H2. The molecule has 1 aromatic heterocycles. The van der Waals surface area contributed by atoms with E-state index in [-0.39, 0.29) is 17.3 Å². The SMILES string of the molecule is O=C(CNS(=O)(=O)c1cccc(Cl)c1)N1CCc2oncc2C1. The van der Waals surface area contributed by atoms with Gasteiger partial charge in [0.15, 0.2) is 0 Å². The third kappa shape index (κ3) is 3.54. The van der Waals surface area contributed by atoms with Crippen LogP contribution in [-0.2, 0) is 27.8 Å².